The first-order chi connectivity index (χ1) is 12.1. The van der Waals surface area contributed by atoms with Gasteiger partial charge in [-0.3, -0.25) is 20.4 Å². The van der Waals surface area contributed by atoms with E-state index in [0.717, 1.165) is 11.3 Å². The number of nitrogens with zero attached hydrogens (tertiary/aromatic N) is 1. The summed E-state index contributed by atoms with van der Waals surface area (Å²) in [5.74, 6) is -1.73. The maximum absolute atomic E-state index is 13.5. The van der Waals surface area contributed by atoms with Crippen molar-refractivity contribution in [2.24, 2.45) is 0 Å². The van der Waals surface area contributed by atoms with Gasteiger partial charge in [-0.15, -0.1) is 0 Å². The number of benzene rings is 2. The minimum absolute atomic E-state index is 0.101. The Balaban J connectivity index is 1.54. The Kier molecular flexibility index (Phi) is 4.89. The molecule has 0 radical (unpaired) electrons. The average molecular weight is 337 g/mol. The summed E-state index contributed by atoms with van der Waals surface area (Å²) in [5.41, 5.74) is 6.16. The molecule has 2 aromatic carbocycles. The molecule has 0 spiro atoms. The molecular weight excluding hydrogens is 321 g/mol. The number of aromatic nitrogens is 1. The smallest absolute Gasteiger partial charge is 0.272 e. The van der Waals surface area contributed by atoms with E-state index >= 15 is 0 Å². The van der Waals surface area contributed by atoms with Gasteiger partial charge >= 0.3 is 0 Å². The summed E-state index contributed by atoms with van der Waals surface area (Å²) in [6.45, 7) is 0. The quantitative estimate of drug-likeness (QED) is 0.719. The molecule has 0 bridgehead atoms. The molecular formula is C19H16FN3O2. The second kappa shape index (κ2) is 7.44. The number of carbonyl (C=O) groups excluding carboxylic acids is 2. The lowest BCUT2D eigenvalue weighted by atomic mass is 10.1. The van der Waals surface area contributed by atoms with Gasteiger partial charge in [-0.1, -0.05) is 24.3 Å². The second-order valence-electron chi connectivity index (χ2n) is 5.42. The van der Waals surface area contributed by atoms with Gasteiger partial charge in [0.15, 0.2) is 0 Å². The fourth-order valence-corrected chi connectivity index (χ4v) is 2.36. The third-order valence-corrected chi connectivity index (χ3v) is 3.64. The molecule has 3 aromatic rings. The molecule has 0 saturated heterocycles. The van der Waals surface area contributed by atoms with Crippen LogP contribution in [0.1, 0.15) is 15.9 Å². The molecule has 0 atom stereocenters. The van der Waals surface area contributed by atoms with Gasteiger partial charge in [0, 0.05) is 18.1 Å². The van der Waals surface area contributed by atoms with Gasteiger partial charge in [-0.05, 0) is 42.0 Å². The maximum Gasteiger partial charge on any atom is 0.272 e. The molecule has 1 heterocycles. The van der Waals surface area contributed by atoms with Crippen LogP contribution >= 0.6 is 0 Å². The summed E-state index contributed by atoms with van der Waals surface area (Å²) in [6, 6.07) is 16.9. The Labute approximate surface area is 144 Å². The number of hydrogen-bond acceptors (Lipinski definition) is 2. The van der Waals surface area contributed by atoms with E-state index in [0.29, 0.717) is 0 Å². The van der Waals surface area contributed by atoms with Crippen LogP contribution in [0.4, 0.5) is 4.39 Å². The minimum atomic E-state index is -0.700. The lowest BCUT2D eigenvalue weighted by Crippen LogP contribution is -2.42. The zero-order valence-electron chi connectivity index (χ0n) is 13.3. The highest BCUT2D eigenvalue weighted by Gasteiger charge is 2.11. The van der Waals surface area contributed by atoms with Gasteiger partial charge in [0.1, 0.15) is 5.82 Å². The maximum atomic E-state index is 13.5. The lowest BCUT2D eigenvalue weighted by Gasteiger charge is -2.09. The molecule has 0 aliphatic rings. The van der Waals surface area contributed by atoms with Crippen molar-refractivity contribution in [2.75, 3.05) is 0 Å². The topological polar surface area (TPSA) is 63.1 Å². The fraction of sp³-hybridized carbons (Fsp3) is 0.0526. The van der Waals surface area contributed by atoms with Crippen LogP contribution in [0.5, 0.6) is 0 Å². The highest BCUT2D eigenvalue weighted by atomic mass is 19.1. The summed E-state index contributed by atoms with van der Waals surface area (Å²) in [5, 5.41) is 0. The molecule has 126 valence electrons. The van der Waals surface area contributed by atoms with E-state index in [4.69, 9.17) is 0 Å². The molecule has 3 rings (SSSR count). The monoisotopic (exact) mass is 337 g/mol. The predicted octanol–water partition coefficient (Wildman–Crippen LogP) is 2.62. The molecule has 1 aromatic heterocycles. The number of nitrogens with one attached hydrogen (secondary N) is 2. The Morgan fingerprint density at radius 2 is 1.56 bits per heavy atom. The highest BCUT2D eigenvalue weighted by Crippen LogP contribution is 2.10. The van der Waals surface area contributed by atoms with Crippen molar-refractivity contribution in [2.45, 2.75) is 6.42 Å². The first-order valence-corrected chi connectivity index (χ1v) is 7.69. The SMILES string of the molecule is O=C(Cc1ccc(-n2cccc2)cc1)NNC(=O)c1ccccc1F. The van der Waals surface area contributed by atoms with Gasteiger partial charge in [-0.25, -0.2) is 4.39 Å². The molecule has 0 fully saturated rings. The molecule has 0 aliphatic carbocycles. The van der Waals surface area contributed by atoms with E-state index in [1.165, 1.54) is 18.2 Å². The van der Waals surface area contributed by atoms with E-state index < -0.39 is 17.6 Å². The van der Waals surface area contributed by atoms with E-state index in [9.17, 15) is 14.0 Å². The van der Waals surface area contributed by atoms with Gasteiger partial charge in [-0.2, -0.15) is 0 Å². The zero-order chi connectivity index (χ0) is 17.6. The summed E-state index contributed by atoms with van der Waals surface area (Å²) < 4.78 is 15.4. The molecule has 0 unspecified atom stereocenters. The van der Waals surface area contributed by atoms with Crippen molar-refractivity contribution in [1.82, 2.24) is 15.4 Å². The highest BCUT2D eigenvalue weighted by molar-refractivity contribution is 5.95. The van der Waals surface area contributed by atoms with Gasteiger partial charge in [0.05, 0.1) is 12.0 Å². The van der Waals surface area contributed by atoms with Gasteiger partial charge in [0.2, 0.25) is 5.91 Å². The number of hydrogen-bond donors (Lipinski definition) is 2. The van der Waals surface area contributed by atoms with E-state index in [2.05, 4.69) is 10.9 Å². The summed E-state index contributed by atoms with van der Waals surface area (Å²) >= 11 is 0. The Morgan fingerprint density at radius 1 is 0.880 bits per heavy atom. The lowest BCUT2D eigenvalue weighted by molar-refractivity contribution is -0.121. The van der Waals surface area contributed by atoms with Crippen molar-refractivity contribution in [1.29, 1.82) is 0 Å². The summed E-state index contributed by atoms with van der Waals surface area (Å²) in [6.07, 6.45) is 3.96. The first kappa shape index (κ1) is 16.4. The fourth-order valence-electron chi connectivity index (χ4n) is 2.36. The zero-order valence-corrected chi connectivity index (χ0v) is 13.3. The van der Waals surface area contributed by atoms with Crippen LogP contribution < -0.4 is 10.9 Å². The molecule has 2 amide bonds. The number of amides is 2. The Bertz CT molecular complexity index is 874. The van der Waals surface area contributed by atoms with Crippen LogP contribution in [0, 0.1) is 5.82 Å². The molecule has 2 N–H and O–H groups in total. The Hall–Kier alpha value is -3.41. The third kappa shape index (κ3) is 4.11. The minimum Gasteiger partial charge on any atom is -0.324 e. The third-order valence-electron chi connectivity index (χ3n) is 3.64. The first-order valence-electron chi connectivity index (χ1n) is 7.69. The number of hydrazine groups is 1. The molecule has 0 saturated carbocycles. The standard InChI is InChI=1S/C19H16FN3O2/c20-17-6-2-1-5-16(17)19(25)22-21-18(24)13-14-7-9-15(10-8-14)23-11-3-4-12-23/h1-12H,13H2,(H,21,24)(H,22,25). The number of rotatable bonds is 4. The molecule has 25 heavy (non-hydrogen) atoms. The van der Waals surface area contributed by atoms with Crippen molar-refractivity contribution >= 4 is 11.8 Å². The Morgan fingerprint density at radius 3 is 2.24 bits per heavy atom. The van der Waals surface area contributed by atoms with Gasteiger partial charge < -0.3 is 4.57 Å². The normalized spacial score (nSPS) is 10.3. The van der Waals surface area contributed by atoms with Crippen LogP contribution in [0.3, 0.4) is 0 Å². The predicted molar refractivity (Wildman–Crippen MR) is 91.5 cm³/mol. The molecule has 5 nitrogen and oxygen atoms in total. The summed E-state index contributed by atoms with van der Waals surface area (Å²) in [4.78, 5) is 23.8. The van der Waals surface area contributed by atoms with Gasteiger partial charge in [0.25, 0.3) is 5.91 Å². The van der Waals surface area contributed by atoms with Crippen molar-refractivity contribution < 1.29 is 14.0 Å². The average Bonchev–Trinajstić information content (AvgIpc) is 3.15. The molecule has 0 aliphatic heterocycles. The number of halogens is 1. The van der Waals surface area contributed by atoms with E-state index in [1.807, 2.05) is 53.4 Å². The second-order valence-corrected chi connectivity index (χ2v) is 5.42. The van der Waals surface area contributed by atoms with Crippen molar-refractivity contribution in [3.05, 3.63) is 90.0 Å². The van der Waals surface area contributed by atoms with Crippen LogP contribution in [0.15, 0.2) is 73.1 Å². The largest absolute Gasteiger partial charge is 0.324 e. The van der Waals surface area contributed by atoms with Crippen LogP contribution in [-0.4, -0.2) is 16.4 Å². The van der Waals surface area contributed by atoms with Crippen molar-refractivity contribution in [3.8, 4) is 5.69 Å². The summed E-state index contributed by atoms with van der Waals surface area (Å²) in [7, 11) is 0. The molecule has 6 heteroatoms. The van der Waals surface area contributed by atoms with E-state index in [-0.39, 0.29) is 12.0 Å². The van der Waals surface area contributed by atoms with Crippen LogP contribution in [-0.2, 0) is 11.2 Å². The number of carbonyl (C=O) groups is 2. The van der Waals surface area contributed by atoms with Crippen molar-refractivity contribution in [3.63, 3.8) is 0 Å². The van der Waals surface area contributed by atoms with Crippen LogP contribution in [0.25, 0.3) is 5.69 Å². The van der Waals surface area contributed by atoms with Crippen LogP contribution in [0.2, 0.25) is 0 Å². The van der Waals surface area contributed by atoms with E-state index in [1.54, 1.807) is 6.07 Å².